The molecule has 0 unspecified atom stereocenters. The van der Waals surface area contributed by atoms with Crippen molar-refractivity contribution in [2.75, 3.05) is 26.2 Å². The maximum Gasteiger partial charge on any atom is 0.410 e. The number of nitrogens with one attached hydrogen (secondary N) is 1. The number of hydrogen-bond donors (Lipinski definition) is 1. The highest BCUT2D eigenvalue weighted by molar-refractivity contribution is 5.74. The zero-order chi connectivity index (χ0) is 39.0. The van der Waals surface area contributed by atoms with Crippen LogP contribution in [0.1, 0.15) is 61.4 Å². The number of benzene rings is 4. The van der Waals surface area contributed by atoms with Crippen LogP contribution < -0.4 is 5.32 Å². The molecule has 4 aromatic carbocycles. The Hall–Kier alpha value is -6.34. The summed E-state index contributed by atoms with van der Waals surface area (Å²) in [7, 11) is 0. The average Bonchev–Trinajstić information content (AvgIpc) is 3.22. The van der Waals surface area contributed by atoms with Gasteiger partial charge in [0, 0.05) is 32.7 Å². The summed E-state index contributed by atoms with van der Waals surface area (Å²) in [5.41, 5.74) is 7.58. The predicted molar refractivity (Wildman–Crippen MR) is 214 cm³/mol. The SMILES string of the molecule is CC(C)(C)OC(=O)NCc1cccc(C2=CCN(C(=O)OCc3ccccc3)CC2)c1.[C-]#[N+]c1cccc(C2=CCN(C(=O)OCc3ccccc3)CC2)c1. The highest BCUT2D eigenvalue weighted by atomic mass is 16.6. The Labute approximate surface area is 323 Å². The standard InChI is InChI=1S/C25H30N2O4.C20H18N2O2/c1-25(2,3)31-23(28)26-17-20-10-7-11-22(16-20)21-12-14-27(15-13-21)24(29)30-18-19-8-5-4-6-9-19;1-21-19-9-5-8-18(14-19)17-10-12-22(13-11-17)20(23)24-15-16-6-3-2-4-7-16/h4-12,16H,13-15,17-18H2,1-3H3,(H,26,28);2-10,14H,11-13,15H2. The molecule has 0 saturated heterocycles. The Balaban J connectivity index is 0.000000218. The lowest BCUT2D eigenvalue weighted by Gasteiger charge is -2.26. The number of nitrogens with zero attached hydrogens (tertiary/aromatic N) is 3. The number of alkyl carbamates (subject to hydrolysis) is 1. The molecule has 10 heteroatoms. The van der Waals surface area contributed by atoms with Gasteiger partial charge in [-0.05, 0) is 84.7 Å². The Kier molecular flexibility index (Phi) is 14.2. The van der Waals surface area contributed by atoms with Gasteiger partial charge in [-0.2, -0.15) is 0 Å². The molecule has 55 heavy (non-hydrogen) atoms. The molecule has 0 saturated carbocycles. The predicted octanol–water partition coefficient (Wildman–Crippen LogP) is 9.80. The van der Waals surface area contributed by atoms with Crippen LogP contribution in [0.4, 0.5) is 20.1 Å². The van der Waals surface area contributed by atoms with Gasteiger partial charge in [-0.3, -0.25) is 0 Å². The van der Waals surface area contributed by atoms with E-state index in [4.69, 9.17) is 20.8 Å². The Morgan fingerprint density at radius 3 is 1.64 bits per heavy atom. The Morgan fingerprint density at radius 2 is 1.16 bits per heavy atom. The van der Waals surface area contributed by atoms with Gasteiger partial charge in [0.25, 0.3) is 0 Å². The van der Waals surface area contributed by atoms with Gasteiger partial charge < -0.3 is 29.3 Å². The van der Waals surface area contributed by atoms with Crippen LogP contribution in [0.2, 0.25) is 0 Å². The van der Waals surface area contributed by atoms with Gasteiger partial charge >= 0.3 is 18.3 Å². The van der Waals surface area contributed by atoms with Gasteiger partial charge in [-0.15, -0.1) is 0 Å². The summed E-state index contributed by atoms with van der Waals surface area (Å²) in [4.78, 5) is 43.2. The fourth-order valence-electron chi connectivity index (χ4n) is 5.96. The van der Waals surface area contributed by atoms with E-state index >= 15 is 0 Å². The molecule has 0 spiro atoms. The number of hydrogen-bond acceptors (Lipinski definition) is 6. The third-order valence-corrected chi connectivity index (χ3v) is 8.82. The van der Waals surface area contributed by atoms with Crippen LogP contribution in [0.5, 0.6) is 0 Å². The van der Waals surface area contributed by atoms with Gasteiger partial charge in [0.1, 0.15) is 18.8 Å². The summed E-state index contributed by atoms with van der Waals surface area (Å²) < 4.78 is 16.1. The fourth-order valence-corrected chi connectivity index (χ4v) is 5.96. The molecule has 0 bridgehead atoms. The van der Waals surface area contributed by atoms with Crippen LogP contribution in [-0.2, 0) is 34.0 Å². The van der Waals surface area contributed by atoms with E-state index in [0.29, 0.717) is 45.0 Å². The van der Waals surface area contributed by atoms with Crippen LogP contribution in [0.15, 0.2) is 121 Å². The molecular formula is C45H48N4O6. The average molecular weight is 741 g/mol. The van der Waals surface area contributed by atoms with Crippen molar-refractivity contribution in [2.24, 2.45) is 0 Å². The number of carbonyl (C=O) groups is 3. The molecule has 0 fully saturated rings. The monoisotopic (exact) mass is 740 g/mol. The summed E-state index contributed by atoms with van der Waals surface area (Å²) >= 11 is 0. The van der Waals surface area contributed by atoms with Crippen molar-refractivity contribution >= 4 is 35.1 Å². The van der Waals surface area contributed by atoms with Crippen molar-refractivity contribution in [1.82, 2.24) is 15.1 Å². The van der Waals surface area contributed by atoms with Crippen LogP contribution in [0.25, 0.3) is 16.0 Å². The van der Waals surface area contributed by atoms with Crippen LogP contribution in [0, 0.1) is 6.57 Å². The van der Waals surface area contributed by atoms with Crippen molar-refractivity contribution in [2.45, 2.75) is 59.0 Å². The zero-order valence-corrected chi connectivity index (χ0v) is 31.7. The molecule has 3 amide bonds. The zero-order valence-electron chi connectivity index (χ0n) is 31.7. The summed E-state index contributed by atoms with van der Waals surface area (Å²) in [5, 5.41) is 2.79. The highest BCUT2D eigenvalue weighted by Crippen LogP contribution is 2.26. The second-order valence-electron chi connectivity index (χ2n) is 14.1. The van der Waals surface area contributed by atoms with Crippen LogP contribution in [-0.4, -0.2) is 59.9 Å². The van der Waals surface area contributed by atoms with E-state index in [9.17, 15) is 14.4 Å². The minimum absolute atomic E-state index is 0.277. The van der Waals surface area contributed by atoms with E-state index < -0.39 is 11.7 Å². The molecule has 0 radical (unpaired) electrons. The molecule has 2 aliphatic heterocycles. The molecule has 6 rings (SSSR count). The van der Waals surface area contributed by atoms with Crippen molar-refractivity contribution in [3.05, 3.63) is 161 Å². The van der Waals surface area contributed by atoms with E-state index in [2.05, 4.69) is 22.3 Å². The number of ether oxygens (including phenoxy) is 3. The summed E-state index contributed by atoms with van der Waals surface area (Å²) in [6.07, 6.45) is 4.60. The van der Waals surface area contributed by atoms with Gasteiger partial charge in [0.05, 0.1) is 6.57 Å². The van der Waals surface area contributed by atoms with E-state index in [1.54, 1.807) is 15.9 Å². The lowest BCUT2D eigenvalue weighted by molar-refractivity contribution is 0.0523. The second-order valence-corrected chi connectivity index (χ2v) is 14.1. The smallest absolute Gasteiger partial charge is 0.410 e. The van der Waals surface area contributed by atoms with Gasteiger partial charge in [-0.25, -0.2) is 19.2 Å². The minimum atomic E-state index is -0.521. The van der Waals surface area contributed by atoms with Crippen molar-refractivity contribution in [3.8, 4) is 0 Å². The molecule has 0 aromatic heterocycles. The molecule has 4 aromatic rings. The molecule has 284 valence electrons. The third kappa shape index (κ3) is 12.9. The fraction of sp³-hybridized carbons (Fsp3) is 0.289. The first-order chi connectivity index (χ1) is 26.6. The summed E-state index contributed by atoms with van der Waals surface area (Å²) in [5.74, 6) is 0. The minimum Gasteiger partial charge on any atom is -0.445 e. The summed E-state index contributed by atoms with van der Waals surface area (Å²) in [6, 6.07) is 35.0. The maximum absolute atomic E-state index is 12.3. The lowest BCUT2D eigenvalue weighted by atomic mass is 9.98. The second kappa shape index (κ2) is 19.7. The van der Waals surface area contributed by atoms with Gasteiger partial charge in [0.2, 0.25) is 0 Å². The Bertz CT molecular complexity index is 2010. The first-order valence-corrected chi connectivity index (χ1v) is 18.4. The number of rotatable bonds is 8. The molecule has 0 aliphatic carbocycles. The normalized spacial score (nSPS) is 13.9. The molecule has 2 heterocycles. The number of carbonyl (C=O) groups excluding carboxylic acids is 3. The maximum atomic E-state index is 12.3. The largest absolute Gasteiger partial charge is 0.445 e. The van der Waals surface area contributed by atoms with Crippen molar-refractivity contribution in [1.29, 1.82) is 0 Å². The first kappa shape index (κ1) is 39.9. The van der Waals surface area contributed by atoms with Gasteiger partial charge in [0.15, 0.2) is 5.69 Å². The molecule has 2 aliphatic rings. The quantitative estimate of drug-likeness (QED) is 0.143. The Morgan fingerprint density at radius 1 is 0.673 bits per heavy atom. The highest BCUT2D eigenvalue weighted by Gasteiger charge is 2.21. The van der Waals surface area contributed by atoms with Gasteiger partial charge in [-0.1, -0.05) is 109 Å². The molecule has 10 nitrogen and oxygen atoms in total. The van der Waals surface area contributed by atoms with Crippen LogP contribution >= 0.6 is 0 Å². The molecular weight excluding hydrogens is 693 g/mol. The third-order valence-electron chi connectivity index (χ3n) is 8.82. The molecule has 0 atom stereocenters. The number of amides is 3. The van der Waals surface area contributed by atoms with E-state index in [0.717, 1.165) is 40.7 Å². The van der Waals surface area contributed by atoms with Crippen LogP contribution in [0.3, 0.4) is 0 Å². The van der Waals surface area contributed by atoms with E-state index in [1.807, 2.05) is 124 Å². The topological polar surface area (TPSA) is 102 Å². The summed E-state index contributed by atoms with van der Waals surface area (Å²) in [6.45, 7) is 15.9. The first-order valence-electron chi connectivity index (χ1n) is 18.4. The van der Waals surface area contributed by atoms with E-state index in [-0.39, 0.29) is 18.8 Å². The lowest BCUT2D eigenvalue weighted by Crippen LogP contribution is -2.35. The van der Waals surface area contributed by atoms with Crippen molar-refractivity contribution in [3.63, 3.8) is 0 Å². The van der Waals surface area contributed by atoms with Crippen molar-refractivity contribution < 1.29 is 28.6 Å². The molecule has 1 N–H and O–H groups in total. The van der Waals surface area contributed by atoms with E-state index in [1.165, 1.54) is 11.1 Å².